The topological polar surface area (TPSA) is 69.0 Å². The summed E-state index contributed by atoms with van der Waals surface area (Å²) in [5, 5.41) is 13.2. The van der Waals surface area contributed by atoms with Crippen LogP contribution < -0.4 is 10.1 Å². The fourth-order valence-corrected chi connectivity index (χ4v) is 3.68. The summed E-state index contributed by atoms with van der Waals surface area (Å²) >= 11 is 19.0. The molecule has 29 heavy (non-hydrogen) atoms. The SMILES string of the molecule is CCn1c(COc2ccc(Cl)cc2)nnc1SCC(=O)Nc1ccc(Cl)c(Cl)c1. The van der Waals surface area contributed by atoms with Gasteiger partial charge in [-0.25, -0.2) is 0 Å². The second kappa shape index (κ2) is 10.2. The molecule has 1 N–H and O–H groups in total. The summed E-state index contributed by atoms with van der Waals surface area (Å²) in [5.74, 6) is 1.36. The number of hydrogen-bond acceptors (Lipinski definition) is 5. The zero-order valence-corrected chi connectivity index (χ0v) is 18.4. The Balaban J connectivity index is 1.57. The fraction of sp³-hybridized carbons (Fsp3) is 0.211. The van der Waals surface area contributed by atoms with Gasteiger partial charge < -0.3 is 14.6 Å². The molecule has 0 spiro atoms. The van der Waals surface area contributed by atoms with Crippen molar-refractivity contribution in [2.45, 2.75) is 25.2 Å². The second-order valence-corrected chi connectivity index (χ2v) is 8.04. The zero-order chi connectivity index (χ0) is 20.8. The van der Waals surface area contributed by atoms with Crippen molar-refractivity contribution in [3.05, 3.63) is 63.4 Å². The smallest absolute Gasteiger partial charge is 0.234 e. The van der Waals surface area contributed by atoms with Gasteiger partial charge in [-0.05, 0) is 49.4 Å². The van der Waals surface area contributed by atoms with Crippen LogP contribution in [0.5, 0.6) is 5.75 Å². The molecule has 0 aliphatic carbocycles. The van der Waals surface area contributed by atoms with E-state index < -0.39 is 0 Å². The molecule has 1 amide bonds. The Bertz CT molecular complexity index is 996. The maximum Gasteiger partial charge on any atom is 0.234 e. The number of nitrogens with zero attached hydrogens (tertiary/aromatic N) is 3. The molecule has 0 atom stereocenters. The van der Waals surface area contributed by atoms with Crippen molar-refractivity contribution in [2.24, 2.45) is 0 Å². The van der Waals surface area contributed by atoms with Crippen LogP contribution >= 0.6 is 46.6 Å². The monoisotopic (exact) mass is 470 g/mol. The minimum Gasteiger partial charge on any atom is -0.486 e. The second-order valence-electron chi connectivity index (χ2n) is 5.85. The van der Waals surface area contributed by atoms with Crippen molar-refractivity contribution >= 4 is 58.2 Å². The molecule has 152 valence electrons. The third-order valence-corrected chi connectivity index (χ3v) is 5.78. The largest absolute Gasteiger partial charge is 0.486 e. The average molecular weight is 472 g/mol. The Labute approximate surface area is 187 Å². The van der Waals surface area contributed by atoms with Gasteiger partial charge in [0.2, 0.25) is 5.91 Å². The van der Waals surface area contributed by atoms with E-state index >= 15 is 0 Å². The molecular formula is C19H17Cl3N4O2S. The van der Waals surface area contributed by atoms with Crippen LogP contribution in [0, 0.1) is 0 Å². The van der Waals surface area contributed by atoms with Crippen molar-refractivity contribution in [1.29, 1.82) is 0 Å². The van der Waals surface area contributed by atoms with E-state index in [1.807, 2.05) is 11.5 Å². The van der Waals surface area contributed by atoms with Gasteiger partial charge in [-0.1, -0.05) is 46.6 Å². The van der Waals surface area contributed by atoms with E-state index in [1.165, 1.54) is 11.8 Å². The van der Waals surface area contributed by atoms with E-state index in [1.54, 1.807) is 42.5 Å². The first-order chi connectivity index (χ1) is 14.0. The summed E-state index contributed by atoms with van der Waals surface area (Å²) in [6.45, 7) is 2.90. The van der Waals surface area contributed by atoms with E-state index in [0.717, 1.165) is 0 Å². The molecule has 6 nitrogen and oxygen atoms in total. The van der Waals surface area contributed by atoms with Crippen LogP contribution in [0.2, 0.25) is 15.1 Å². The van der Waals surface area contributed by atoms with Gasteiger partial charge in [0.25, 0.3) is 0 Å². The summed E-state index contributed by atoms with van der Waals surface area (Å²) in [4.78, 5) is 12.2. The Morgan fingerprint density at radius 3 is 2.55 bits per heavy atom. The van der Waals surface area contributed by atoms with Crippen LogP contribution in [-0.2, 0) is 17.9 Å². The van der Waals surface area contributed by atoms with E-state index in [2.05, 4.69) is 15.5 Å². The zero-order valence-electron chi connectivity index (χ0n) is 15.4. The third kappa shape index (κ3) is 6.02. The number of rotatable bonds is 8. The van der Waals surface area contributed by atoms with Crippen LogP contribution in [0.25, 0.3) is 0 Å². The molecule has 0 aliphatic heterocycles. The Morgan fingerprint density at radius 1 is 1.10 bits per heavy atom. The molecule has 0 radical (unpaired) electrons. The van der Waals surface area contributed by atoms with Gasteiger partial charge in [0.1, 0.15) is 12.4 Å². The number of carbonyl (C=O) groups excluding carboxylic acids is 1. The number of hydrogen-bond donors (Lipinski definition) is 1. The summed E-state index contributed by atoms with van der Waals surface area (Å²) in [6, 6.07) is 12.0. The minimum absolute atomic E-state index is 0.177. The molecule has 0 aliphatic rings. The maximum absolute atomic E-state index is 12.2. The van der Waals surface area contributed by atoms with Crippen LogP contribution in [0.15, 0.2) is 47.6 Å². The summed E-state index contributed by atoms with van der Waals surface area (Å²) < 4.78 is 7.64. The van der Waals surface area contributed by atoms with Gasteiger partial charge in [-0.2, -0.15) is 0 Å². The lowest BCUT2D eigenvalue weighted by molar-refractivity contribution is -0.113. The number of anilines is 1. The molecule has 0 saturated heterocycles. The fourth-order valence-electron chi connectivity index (χ4n) is 2.43. The highest BCUT2D eigenvalue weighted by Gasteiger charge is 2.14. The minimum atomic E-state index is -0.182. The molecule has 0 unspecified atom stereocenters. The summed E-state index contributed by atoms with van der Waals surface area (Å²) in [6.07, 6.45) is 0. The Morgan fingerprint density at radius 2 is 1.86 bits per heavy atom. The highest BCUT2D eigenvalue weighted by atomic mass is 35.5. The third-order valence-electron chi connectivity index (χ3n) is 3.83. The molecule has 1 aromatic heterocycles. The van der Waals surface area contributed by atoms with Gasteiger partial charge in [0.15, 0.2) is 11.0 Å². The van der Waals surface area contributed by atoms with Gasteiger partial charge in [-0.15, -0.1) is 10.2 Å². The summed E-state index contributed by atoms with van der Waals surface area (Å²) in [7, 11) is 0. The molecule has 0 fully saturated rings. The molecule has 3 rings (SSSR count). The first-order valence-electron chi connectivity index (χ1n) is 8.64. The van der Waals surface area contributed by atoms with E-state index in [9.17, 15) is 4.79 Å². The first-order valence-corrected chi connectivity index (χ1v) is 10.8. The van der Waals surface area contributed by atoms with Crippen LogP contribution in [-0.4, -0.2) is 26.4 Å². The van der Waals surface area contributed by atoms with Gasteiger partial charge in [0, 0.05) is 17.3 Å². The number of ether oxygens (including phenoxy) is 1. The highest BCUT2D eigenvalue weighted by molar-refractivity contribution is 7.99. The number of halogens is 3. The number of aromatic nitrogens is 3. The number of amides is 1. The quantitative estimate of drug-likeness (QED) is 0.435. The van der Waals surface area contributed by atoms with E-state index in [0.29, 0.717) is 44.0 Å². The standard InChI is InChI=1S/C19H17Cl3N4O2S/c1-2-26-17(10-28-14-6-3-12(20)4-7-14)24-25-19(26)29-11-18(27)23-13-5-8-15(21)16(22)9-13/h3-9H,2,10-11H2,1H3,(H,23,27). The predicted octanol–water partition coefficient (Wildman–Crippen LogP) is 5.57. The highest BCUT2D eigenvalue weighted by Crippen LogP contribution is 2.25. The van der Waals surface area contributed by atoms with Gasteiger partial charge >= 0.3 is 0 Å². The number of nitrogens with one attached hydrogen (secondary N) is 1. The van der Waals surface area contributed by atoms with Crippen molar-refractivity contribution < 1.29 is 9.53 Å². The molecule has 2 aromatic carbocycles. The lowest BCUT2D eigenvalue weighted by Crippen LogP contribution is -2.15. The maximum atomic E-state index is 12.2. The van der Waals surface area contributed by atoms with Crippen LogP contribution in [0.4, 0.5) is 5.69 Å². The van der Waals surface area contributed by atoms with E-state index in [-0.39, 0.29) is 18.3 Å². The van der Waals surface area contributed by atoms with Crippen molar-refractivity contribution in [1.82, 2.24) is 14.8 Å². The van der Waals surface area contributed by atoms with Crippen LogP contribution in [0.1, 0.15) is 12.7 Å². The lowest BCUT2D eigenvalue weighted by Gasteiger charge is -2.09. The molecule has 3 aromatic rings. The average Bonchev–Trinajstić information content (AvgIpc) is 3.10. The molecule has 0 saturated carbocycles. The lowest BCUT2D eigenvalue weighted by atomic mass is 10.3. The number of carbonyl (C=O) groups is 1. The first kappa shape index (κ1) is 21.8. The van der Waals surface area contributed by atoms with Gasteiger partial charge in [0.05, 0.1) is 15.8 Å². The molecule has 0 bridgehead atoms. The normalized spacial score (nSPS) is 10.8. The van der Waals surface area contributed by atoms with Crippen molar-refractivity contribution in [3.63, 3.8) is 0 Å². The number of benzene rings is 2. The Kier molecular flexibility index (Phi) is 7.66. The van der Waals surface area contributed by atoms with E-state index in [4.69, 9.17) is 39.5 Å². The van der Waals surface area contributed by atoms with Gasteiger partial charge in [-0.3, -0.25) is 4.79 Å². The summed E-state index contributed by atoms with van der Waals surface area (Å²) in [5.41, 5.74) is 0.582. The number of thioether (sulfide) groups is 1. The molecule has 1 heterocycles. The Hall–Kier alpha value is -1.93. The molecular weight excluding hydrogens is 455 g/mol. The van der Waals surface area contributed by atoms with Crippen molar-refractivity contribution in [3.8, 4) is 5.75 Å². The molecule has 10 heteroatoms. The van der Waals surface area contributed by atoms with Crippen molar-refractivity contribution in [2.75, 3.05) is 11.1 Å². The predicted molar refractivity (Wildman–Crippen MR) is 117 cm³/mol. The van der Waals surface area contributed by atoms with Crippen LogP contribution in [0.3, 0.4) is 0 Å².